The molecule has 1 saturated carbocycles. The molecular formula is C21H44N2S. The van der Waals surface area contributed by atoms with Gasteiger partial charge in [0, 0.05) is 16.7 Å². The van der Waals surface area contributed by atoms with Gasteiger partial charge in [-0.3, -0.25) is 4.99 Å². The molecule has 144 valence electrons. The van der Waals surface area contributed by atoms with Crippen LogP contribution in [-0.2, 0) is 0 Å². The lowest BCUT2D eigenvalue weighted by atomic mass is 9.87. The first-order chi connectivity index (χ1) is 11.2. The fourth-order valence-corrected chi connectivity index (χ4v) is 2.48. The topological polar surface area (TPSA) is 24.4 Å². The summed E-state index contributed by atoms with van der Waals surface area (Å²) in [4.78, 5) is 4.55. The molecule has 0 amide bonds. The largest absolute Gasteiger partial charge is 0.350 e. The van der Waals surface area contributed by atoms with Gasteiger partial charge in [-0.2, -0.15) is 11.8 Å². The maximum atomic E-state index is 4.55. The lowest BCUT2D eigenvalue weighted by Crippen LogP contribution is -2.36. The second-order valence-electron chi connectivity index (χ2n) is 7.36. The van der Waals surface area contributed by atoms with Crippen molar-refractivity contribution in [2.45, 2.75) is 86.8 Å². The van der Waals surface area contributed by atoms with Crippen LogP contribution in [0.3, 0.4) is 0 Å². The van der Waals surface area contributed by atoms with Gasteiger partial charge in [-0.25, -0.2) is 0 Å². The number of nitrogens with one attached hydrogen (secondary N) is 1. The molecule has 2 aliphatic rings. The Hall–Kier alpha value is -0.440. The summed E-state index contributed by atoms with van der Waals surface area (Å²) in [7, 11) is 0. The number of nitrogens with zero attached hydrogens (tertiary/aromatic N) is 1. The smallest absolute Gasteiger partial charge is 0.107 e. The Kier molecular flexibility index (Phi) is 13.8. The highest BCUT2D eigenvalue weighted by Gasteiger charge is 2.59. The maximum absolute atomic E-state index is 4.55. The predicted octanol–water partition coefficient (Wildman–Crippen LogP) is 6.77. The number of amidine groups is 1. The molecular weight excluding hydrogens is 312 g/mol. The highest BCUT2D eigenvalue weighted by atomic mass is 32.2. The first kappa shape index (κ1) is 25.8. The van der Waals surface area contributed by atoms with Crippen LogP contribution in [0.1, 0.15) is 82.1 Å². The van der Waals surface area contributed by atoms with Gasteiger partial charge in [-0.1, -0.05) is 74.8 Å². The minimum absolute atomic E-state index is 0.366. The fraction of sp³-hybridized carbons (Fsp3) is 0.857. The van der Waals surface area contributed by atoms with Crippen LogP contribution in [0.2, 0.25) is 0 Å². The molecule has 0 aromatic rings. The minimum atomic E-state index is 0.366. The molecule has 1 fully saturated rings. The number of hydrogen-bond donors (Lipinski definition) is 1. The van der Waals surface area contributed by atoms with Crippen LogP contribution in [0.25, 0.3) is 0 Å². The second kappa shape index (κ2) is 12.9. The Balaban J connectivity index is 0. The van der Waals surface area contributed by atoms with Crippen LogP contribution in [0.4, 0.5) is 0 Å². The van der Waals surface area contributed by atoms with Crippen molar-refractivity contribution in [3.63, 3.8) is 0 Å². The SMILES string of the molecule is CC.CCC.CCN=C1NC=CC2CC12C(C)C.CSC(C)(C)C. The predicted molar refractivity (Wildman–Crippen MR) is 116 cm³/mol. The average Bonchev–Trinajstić information content (AvgIpc) is 3.27. The molecule has 1 aliphatic carbocycles. The van der Waals surface area contributed by atoms with Crippen LogP contribution >= 0.6 is 11.8 Å². The van der Waals surface area contributed by atoms with E-state index in [9.17, 15) is 0 Å². The Morgan fingerprint density at radius 1 is 1.25 bits per heavy atom. The van der Waals surface area contributed by atoms with Gasteiger partial charge in [0.25, 0.3) is 0 Å². The molecule has 0 radical (unpaired) electrons. The Morgan fingerprint density at radius 2 is 1.71 bits per heavy atom. The van der Waals surface area contributed by atoms with Crippen LogP contribution in [0, 0.1) is 17.3 Å². The number of hydrogen-bond acceptors (Lipinski definition) is 2. The van der Waals surface area contributed by atoms with E-state index in [1.165, 1.54) is 18.7 Å². The third-order valence-corrected chi connectivity index (χ3v) is 5.23. The lowest BCUT2D eigenvalue weighted by molar-refractivity contribution is 0.442. The van der Waals surface area contributed by atoms with E-state index in [1.807, 2.05) is 31.8 Å². The molecule has 2 rings (SSSR count). The van der Waals surface area contributed by atoms with Crippen LogP contribution in [0.5, 0.6) is 0 Å². The van der Waals surface area contributed by atoms with E-state index >= 15 is 0 Å². The summed E-state index contributed by atoms with van der Waals surface area (Å²) in [6, 6.07) is 0. The van der Waals surface area contributed by atoms with Gasteiger partial charge in [0.2, 0.25) is 0 Å². The zero-order valence-electron chi connectivity index (χ0n) is 18.3. The molecule has 0 saturated heterocycles. The van der Waals surface area contributed by atoms with Crippen molar-refractivity contribution in [2.24, 2.45) is 22.2 Å². The van der Waals surface area contributed by atoms with Crippen molar-refractivity contribution in [2.75, 3.05) is 12.8 Å². The van der Waals surface area contributed by atoms with E-state index in [0.29, 0.717) is 16.1 Å². The van der Waals surface area contributed by atoms with Crippen molar-refractivity contribution in [3.05, 3.63) is 12.3 Å². The van der Waals surface area contributed by atoms with Gasteiger partial charge in [0.1, 0.15) is 5.84 Å². The van der Waals surface area contributed by atoms with Crippen molar-refractivity contribution >= 4 is 17.6 Å². The van der Waals surface area contributed by atoms with Gasteiger partial charge in [0.05, 0.1) is 0 Å². The van der Waals surface area contributed by atoms with Gasteiger partial charge in [-0.05, 0) is 37.6 Å². The standard InChI is InChI=1S/C11H18N2.C5H12S.C3H8.C2H6/c1-4-12-10-11(8(2)3)7-9(11)5-6-13-10;1-5(2,3)6-4;1-3-2;1-2/h5-6,8-9H,4,7H2,1-3H3,(H,12,13);1-4H3;3H2,1-2H3;1-2H3. The molecule has 0 spiro atoms. The van der Waals surface area contributed by atoms with Crippen LogP contribution in [-0.4, -0.2) is 23.4 Å². The Labute approximate surface area is 157 Å². The van der Waals surface area contributed by atoms with E-state index in [2.05, 4.69) is 78.0 Å². The summed E-state index contributed by atoms with van der Waals surface area (Å²) in [5.74, 6) is 2.66. The van der Waals surface area contributed by atoms with E-state index in [-0.39, 0.29) is 0 Å². The van der Waals surface area contributed by atoms with Crippen molar-refractivity contribution in [3.8, 4) is 0 Å². The third kappa shape index (κ3) is 8.60. The summed E-state index contributed by atoms with van der Waals surface area (Å²) in [6.45, 7) is 22.4. The maximum Gasteiger partial charge on any atom is 0.107 e. The molecule has 1 N–H and O–H groups in total. The zero-order chi connectivity index (χ0) is 19.4. The molecule has 24 heavy (non-hydrogen) atoms. The summed E-state index contributed by atoms with van der Waals surface area (Å²) >= 11 is 1.88. The molecule has 0 aromatic carbocycles. The molecule has 0 aromatic heterocycles. The van der Waals surface area contributed by atoms with Crippen LogP contribution in [0.15, 0.2) is 17.3 Å². The quantitative estimate of drug-likeness (QED) is 0.590. The first-order valence-corrected chi connectivity index (χ1v) is 10.9. The lowest BCUT2D eigenvalue weighted by Gasteiger charge is -2.26. The van der Waals surface area contributed by atoms with Gasteiger partial charge < -0.3 is 5.32 Å². The van der Waals surface area contributed by atoms with Crippen molar-refractivity contribution in [1.29, 1.82) is 0 Å². The molecule has 2 atom stereocenters. The van der Waals surface area contributed by atoms with Crippen LogP contribution < -0.4 is 5.32 Å². The monoisotopic (exact) mass is 356 g/mol. The number of fused-ring (bicyclic) bond motifs is 1. The number of thioether (sulfide) groups is 1. The molecule has 3 heteroatoms. The van der Waals surface area contributed by atoms with E-state index in [4.69, 9.17) is 0 Å². The van der Waals surface area contributed by atoms with Crippen molar-refractivity contribution < 1.29 is 0 Å². The van der Waals surface area contributed by atoms with E-state index in [1.54, 1.807) is 0 Å². The first-order valence-electron chi connectivity index (χ1n) is 9.72. The van der Waals surface area contributed by atoms with Gasteiger partial charge in [0.15, 0.2) is 0 Å². The minimum Gasteiger partial charge on any atom is -0.350 e. The summed E-state index contributed by atoms with van der Waals surface area (Å²) in [5, 5.41) is 3.30. The highest BCUT2D eigenvalue weighted by molar-refractivity contribution is 7.99. The van der Waals surface area contributed by atoms with Gasteiger partial charge >= 0.3 is 0 Å². The Bertz CT molecular complexity index is 367. The number of allylic oxidation sites excluding steroid dienone is 1. The molecule has 2 nitrogen and oxygen atoms in total. The fourth-order valence-electron chi connectivity index (χ4n) is 2.48. The average molecular weight is 357 g/mol. The summed E-state index contributed by atoms with van der Waals surface area (Å²) < 4.78 is 0.458. The molecule has 1 heterocycles. The number of rotatable bonds is 2. The summed E-state index contributed by atoms with van der Waals surface area (Å²) in [6.07, 6.45) is 8.99. The molecule has 0 bridgehead atoms. The molecule has 1 aliphatic heterocycles. The summed E-state index contributed by atoms with van der Waals surface area (Å²) in [5.41, 5.74) is 0.366. The van der Waals surface area contributed by atoms with E-state index in [0.717, 1.165) is 12.5 Å². The third-order valence-electron chi connectivity index (χ3n) is 4.01. The zero-order valence-corrected chi connectivity index (χ0v) is 19.1. The van der Waals surface area contributed by atoms with Gasteiger partial charge in [-0.15, -0.1) is 0 Å². The Morgan fingerprint density at radius 3 is 2.04 bits per heavy atom. The second-order valence-corrected chi connectivity index (χ2v) is 8.99. The normalized spacial score (nSPS) is 25.2. The molecule has 2 unspecified atom stereocenters. The van der Waals surface area contributed by atoms with E-state index < -0.39 is 0 Å². The number of aliphatic imine (C=N–C) groups is 1. The highest BCUT2D eigenvalue weighted by Crippen LogP contribution is 2.60. The van der Waals surface area contributed by atoms with Crippen molar-refractivity contribution in [1.82, 2.24) is 5.32 Å².